The highest BCUT2D eigenvalue weighted by Crippen LogP contribution is 2.22. The summed E-state index contributed by atoms with van der Waals surface area (Å²) in [5.41, 5.74) is 2.65. The fourth-order valence-corrected chi connectivity index (χ4v) is 3.98. The second-order valence-corrected chi connectivity index (χ2v) is 7.88. The number of nitrogens with zero attached hydrogens (tertiary/aromatic N) is 4. The first-order chi connectivity index (χ1) is 14.0. The van der Waals surface area contributed by atoms with E-state index in [4.69, 9.17) is 0 Å². The Labute approximate surface area is 166 Å². The van der Waals surface area contributed by atoms with Crippen LogP contribution in [0.25, 0.3) is 16.9 Å². The lowest BCUT2D eigenvalue weighted by molar-refractivity contribution is -0.105. The molecule has 0 aliphatic carbocycles. The van der Waals surface area contributed by atoms with Gasteiger partial charge in [0.15, 0.2) is 5.65 Å². The van der Waals surface area contributed by atoms with Gasteiger partial charge in [-0.3, -0.25) is 14.8 Å². The number of rotatable bonds is 7. The van der Waals surface area contributed by atoms with Crippen molar-refractivity contribution < 1.29 is 13.2 Å². The van der Waals surface area contributed by atoms with Gasteiger partial charge in [-0.15, -0.1) is 5.10 Å². The van der Waals surface area contributed by atoms with Gasteiger partial charge < -0.3 is 0 Å². The minimum atomic E-state index is -3.58. The first kappa shape index (κ1) is 18.6. The fourth-order valence-electron chi connectivity index (χ4n) is 2.83. The first-order valence-corrected chi connectivity index (χ1v) is 10.3. The standard InChI is InChI=1S/C19H16N6O3S/c26-13-21-19-22-18-8-4-7-16(25(18)23-19)15-9-10-17(20-11-15)24-29(27,28)12-14-5-2-1-3-6-14/h1-11,13H,12H2,(H,20,24)(H,21,23,26). The molecule has 0 saturated carbocycles. The van der Waals surface area contributed by atoms with Crippen molar-refractivity contribution in [1.82, 2.24) is 19.6 Å². The topological polar surface area (TPSA) is 118 Å². The fraction of sp³-hybridized carbons (Fsp3) is 0.0526. The monoisotopic (exact) mass is 408 g/mol. The van der Waals surface area contributed by atoms with E-state index in [1.165, 1.54) is 0 Å². The Balaban J connectivity index is 1.57. The van der Waals surface area contributed by atoms with Gasteiger partial charge in [0.2, 0.25) is 22.4 Å². The van der Waals surface area contributed by atoms with E-state index in [0.717, 1.165) is 0 Å². The zero-order chi connectivity index (χ0) is 20.3. The van der Waals surface area contributed by atoms with Gasteiger partial charge in [-0.1, -0.05) is 36.4 Å². The van der Waals surface area contributed by atoms with Crippen molar-refractivity contribution in [3.63, 3.8) is 0 Å². The Bertz CT molecular complexity index is 1250. The molecule has 3 heterocycles. The molecule has 0 fully saturated rings. The molecular weight excluding hydrogens is 392 g/mol. The SMILES string of the molecule is O=CNc1nc2cccc(-c3ccc(NS(=O)(=O)Cc4ccccc4)nc3)n2n1. The largest absolute Gasteiger partial charge is 0.296 e. The maximum atomic E-state index is 12.4. The number of aromatic nitrogens is 4. The molecule has 4 aromatic rings. The number of fused-ring (bicyclic) bond motifs is 1. The lowest BCUT2D eigenvalue weighted by Crippen LogP contribution is -2.15. The maximum absolute atomic E-state index is 12.4. The Kier molecular flexibility index (Phi) is 4.92. The van der Waals surface area contributed by atoms with E-state index in [2.05, 4.69) is 25.1 Å². The van der Waals surface area contributed by atoms with Crippen LogP contribution in [0, 0.1) is 0 Å². The number of amides is 1. The Morgan fingerprint density at radius 1 is 1.00 bits per heavy atom. The number of anilines is 2. The number of benzene rings is 1. The minimum absolute atomic E-state index is 0.137. The van der Waals surface area contributed by atoms with Crippen LogP contribution < -0.4 is 10.0 Å². The third-order valence-electron chi connectivity index (χ3n) is 4.07. The van der Waals surface area contributed by atoms with Gasteiger partial charge in [0.1, 0.15) is 5.82 Å². The Hall–Kier alpha value is -3.79. The molecule has 9 nitrogen and oxygen atoms in total. The van der Waals surface area contributed by atoms with Crippen LogP contribution in [0.1, 0.15) is 5.56 Å². The normalized spacial score (nSPS) is 11.3. The van der Waals surface area contributed by atoms with E-state index in [-0.39, 0.29) is 17.5 Å². The lowest BCUT2D eigenvalue weighted by Gasteiger charge is -2.09. The van der Waals surface area contributed by atoms with E-state index < -0.39 is 10.0 Å². The molecule has 3 aromatic heterocycles. The molecule has 0 aliphatic rings. The number of nitrogens with one attached hydrogen (secondary N) is 2. The highest BCUT2D eigenvalue weighted by atomic mass is 32.2. The van der Waals surface area contributed by atoms with Gasteiger partial charge in [0.25, 0.3) is 0 Å². The van der Waals surface area contributed by atoms with Crippen molar-refractivity contribution in [1.29, 1.82) is 0 Å². The van der Waals surface area contributed by atoms with Crippen molar-refractivity contribution in [2.75, 3.05) is 10.0 Å². The summed E-state index contributed by atoms with van der Waals surface area (Å²) in [5, 5.41) is 6.65. The Morgan fingerprint density at radius 2 is 1.83 bits per heavy atom. The van der Waals surface area contributed by atoms with Crippen LogP contribution >= 0.6 is 0 Å². The summed E-state index contributed by atoms with van der Waals surface area (Å²) in [6, 6.07) is 17.6. The summed E-state index contributed by atoms with van der Waals surface area (Å²) in [6.45, 7) is 0. The molecule has 2 N–H and O–H groups in total. The number of sulfonamides is 1. The molecule has 29 heavy (non-hydrogen) atoms. The summed E-state index contributed by atoms with van der Waals surface area (Å²) in [4.78, 5) is 19.0. The number of hydrogen-bond donors (Lipinski definition) is 2. The molecule has 1 amide bonds. The Morgan fingerprint density at radius 3 is 2.55 bits per heavy atom. The van der Waals surface area contributed by atoms with Crippen LogP contribution in [0.4, 0.5) is 11.8 Å². The van der Waals surface area contributed by atoms with Crippen LogP contribution in [0.15, 0.2) is 66.9 Å². The van der Waals surface area contributed by atoms with Crippen LogP contribution in [0.2, 0.25) is 0 Å². The highest BCUT2D eigenvalue weighted by molar-refractivity contribution is 7.91. The van der Waals surface area contributed by atoms with E-state index in [0.29, 0.717) is 28.9 Å². The predicted molar refractivity (Wildman–Crippen MR) is 109 cm³/mol. The molecule has 0 bridgehead atoms. The van der Waals surface area contributed by atoms with Crippen molar-refractivity contribution in [3.05, 3.63) is 72.4 Å². The zero-order valence-corrected chi connectivity index (χ0v) is 15.9. The van der Waals surface area contributed by atoms with E-state index in [1.807, 2.05) is 12.1 Å². The molecule has 0 radical (unpaired) electrons. The minimum Gasteiger partial charge on any atom is -0.296 e. The van der Waals surface area contributed by atoms with E-state index in [9.17, 15) is 13.2 Å². The van der Waals surface area contributed by atoms with E-state index in [1.54, 1.807) is 59.2 Å². The molecule has 4 rings (SSSR count). The molecule has 0 saturated heterocycles. The number of pyridine rings is 2. The van der Waals surface area contributed by atoms with Gasteiger partial charge in [0.05, 0.1) is 11.4 Å². The second kappa shape index (κ2) is 7.68. The van der Waals surface area contributed by atoms with Gasteiger partial charge in [0, 0.05) is 11.8 Å². The molecule has 0 atom stereocenters. The van der Waals surface area contributed by atoms with Crippen LogP contribution in [-0.2, 0) is 20.6 Å². The number of hydrogen-bond acceptors (Lipinski definition) is 6. The third kappa shape index (κ3) is 4.22. The van der Waals surface area contributed by atoms with Crippen LogP contribution in [0.3, 0.4) is 0 Å². The molecular formula is C19H16N6O3S. The third-order valence-corrected chi connectivity index (χ3v) is 5.30. The quantitative estimate of drug-likeness (QED) is 0.453. The second-order valence-electron chi connectivity index (χ2n) is 6.16. The van der Waals surface area contributed by atoms with Crippen molar-refractivity contribution >= 4 is 33.8 Å². The van der Waals surface area contributed by atoms with Crippen molar-refractivity contribution in [2.45, 2.75) is 5.75 Å². The highest BCUT2D eigenvalue weighted by Gasteiger charge is 2.13. The summed E-state index contributed by atoms with van der Waals surface area (Å²) >= 11 is 0. The van der Waals surface area contributed by atoms with Crippen molar-refractivity contribution in [2.24, 2.45) is 0 Å². The molecule has 0 aliphatic heterocycles. The van der Waals surface area contributed by atoms with E-state index >= 15 is 0 Å². The summed E-state index contributed by atoms with van der Waals surface area (Å²) < 4.78 is 28.8. The molecule has 146 valence electrons. The molecule has 0 unspecified atom stereocenters. The molecule has 10 heteroatoms. The molecule has 0 spiro atoms. The molecule has 1 aromatic carbocycles. The van der Waals surface area contributed by atoms with Crippen LogP contribution in [-0.4, -0.2) is 34.4 Å². The average Bonchev–Trinajstić information content (AvgIpc) is 3.12. The average molecular weight is 408 g/mol. The van der Waals surface area contributed by atoms with Gasteiger partial charge in [-0.2, -0.15) is 4.98 Å². The summed E-state index contributed by atoms with van der Waals surface area (Å²) in [6.07, 6.45) is 2.05. The lowest BCUT2D eigenvalue weighted by atomic mass is 10.2. The van der Waals surface area contributed by atoms with Gasteiger partial charge in [-0.25, -0.2) is 17.9 Å². The van der Waals surface area contributed by atoms with Crippen molar-refractivity contribution in [3.8, 4) is 11.3 Å². The van der Waals surface area contributed by atoms with Gasteiger partial charge >= 0.3 is 0 Å². The first-order valence-electron chi connectivity index (χ1n) is 8.61. The maximum Gasteiger partial charge on any atom is 0.249 e. The smallest absolute Gasteiger partial charge is 0.249 e. The zero-order valence-electron chi connectivity index (χ0n) is 15.1. The number of carbonyl (C=O) groups excluding carboxylic acids is 1. The summed E-state index contributed by atoms with van der Waals surface area (Å²) in [5.74, 6) is 0.270. The number of carbonyl (C=O) groups is 1. The van der Waals surface area contributed by atoms with Crippen LogP contribution in [0.5, 0.6) is 0 Å². The summed E-state index contributed by atoms with van der Waals surface area (Å²) in [7, 11) is -3.58. The predicted octanol–water partition coefficient (Wildman–Crippen LogP) is 2.30. The van der Waals surface area contributed by atoms with Gasteiger partial charge in [-0.05, 0) is 29.8 Å².